The molecule has 2 rings (SSSR count). The van der Waals surface area contributed by atoms with Gasteiger partial charge in [0.05, 0.1) is 17.4 Å². The normalized spacial score (nSPS) is 10.9. The van der Waals surface area contributed by atoms with Crippen molar-refractivity contribution >= 4 is 15.8 Å². The first kappa shape index (κ1) is 18.5. The third kappa shape index (κ3) is 5.09. The zero-order valence-electron chi connectivity index (χ0n) is 12.9. The third-order valence-corrected chi connectivity index (χ3v) is 4.59. The van der Waals surface area contributed by atoms with Gasteiger partial charge in [-0.2, -0.15) is 5.26 Å². The van der Waals surface area contributed by atoms with E-state index in [1.807, 2.05) is 0 Å². The van der Waals surface area contributed by atoms with Crippen molar-refractivity contribution in [1.82, 2.24) is 0 Å². The van der Waals surface area contributed by atoms with Crippen molar-refractivity contribution in [2.75, 3.05) is 5.75 Å². The van der Waals surface area contributed by atoms with Crippen molar-refractivity contribution in [3.63, 3.8) is 0 Å². The van der Waals surface area contributed by atoms with E-state index >= 15 is 0 Å². The van der Waals surface area contributed by atoms with Crippen LogP contribution in [0.15, 0.2) is 42.5 Å². The number of nitrogens with zero attached hydrogens (tertiary/aromatic N) is 1. The molecule has 0 saturated carbocycles. The molecule has 0 fully saturated rings. The molecule has 5 nitrogen and oxygen atoms in total. The molecule has 0 aliphatic rings. The van der Waals surface area contributed by atoms with E-state index in [2.05, 4.69) is 0 Å². The van der Waals surface area contributed by atoms with Gasteiger partial charge in [0.2, 0.25) is 0 Å². The SMILES string of the molecule is N#CCS(=O)(=O)Cc1ccc(C(=O)OCc2cccc(F)c2F)cc1. The smallest absolute Gasteiger partial charge is 0.338 e. The second kappa shape index (κ2) is 7.85. The molecular formula is C17H13F2NO4S. The second-order valence-corrected chi connectivity index (χ2v) is 7.24. The molecule has 0 atom stereocenters. The molecule has 0 saturated heterocycles. The second-order valence-electron chi connectivity index (χ2n) is 5.18. The van der Waals surface area contributed by atoms with Crippen molar-refractivity contribution in [2.24, 2.45) is 0 Å². The predicted molar refractivity (Wildman–Crippen MR) is 85.0 cm³/mol. The Balaban J connectivity index is 2.01. The van der Waals surface area contributed by atoms with Gasteiger partial charge in [-0.1, -0.05) is 24.3 Å². The first-order valence-electron chi connectivity index (χ1n) is 7.09. The first-order chi connectivity index (χ1) is 11.8. The predicted octanol–water partition coefficient (Wildman–Crippen LogP) is 2.76. The fourth-order valence-corrected chi connectivity index (χ4v) is 3.03. The topological polar surface area (TPSA) is 84.2 Å². The van der Waals surface area contributed by atoms with E-state index in [-0.39, 0.29) is 16.9 Å². The van der Waals surface area contributed by atoms with E-state index in [0.29, 0.717) is 5.56 Å². The van der Waals surface area contributed by atoms with Crippen LogP contribution in [0.2, 0.25) is 0 Å². The fourth-order valence-electron chi connectivity index (χ4n) is 2.03. The number of carbonyl (C=O) groups excluding carboxylic acids is 1. The molecule has 0 aliphatic heterocycles. The molecule has 0 amide bonds. The van der Waals surface area contributed by atoms with Crippen LogP contribution in [-0.2, 0) is 26.9 Å². The lowest BCUT2D eigenvalue weighted by Gasteiger charge is -2.07. The molecule has 0 aromatic heterocycles. The molecule has 2 aromatic rings. The van der Waals surface area contributed by atoms with Crippen LogP contribution in [0.1, 0.15) is 21.5 Å². The summed E-state index contributed by atoms with van der Waals surface area (Å²) in [6, 6.07) is 10.7. The van der Waals surface area contributed by atoms with Gasteiger partial charge in [-0.25, -0.2) is 22.0 Å². The summed E-state index contributed by atoms with van der Waals surface area (Å²) in [4.78, 5) is 11.9. The van der Waals surface area contributed by atoms with Gasteiger partial charge in [0.15, 0.2) is 21.5 Å². The van der Waals surface area contributed by atoms with Crippen molar-refractivity contribution in [2.45, 2.75) is 12.4 Å². The number of hydrogen-bond donors (Lipinski definition) is 0. The highest BCUT2D eigenvalue weighted by molar-refractivity contribution is 7.90. The highest BCUT2D eigenvalue weighted by Crippen LogP contribution is 2.14. The maximum atomic E-state index is 13.5. The fraction of sp³-hybridized carbons (Fsp3) is 0.176. The summed E-state index contributed by atoms with van der Waals surface area (Å²) in [5, 5.41) is 8.45. The summed E-state index contributed by atoms with van der Waals surface area (Å²) in [7, 11) is -3.53. The van der Waals surface area contributed by atoms with Gasteiger partial charge in [0.25, 0.3) is 0 Å². The molecule has 0 unspecified atom stereocenters. The van der Waals surface area contributed by atoms with Gasteiger partial charge in [0, 0.05) is 5.56 Å². The van der Waals surface area contributed by atoms with Gasteiger partial charge in [-0.3, -0.25) is 0 Å². The standard InChI is InChI=1S/C17H13F2NO4S/c18-15-3-1-2-14(16(15)19)10-24-17(21)13-6-4-12(5-7-13)11-25(22,23)9-8-20/h1-7H,9-11H2. The monoisotopic (exact) mass is 365 g/mol. The van der Waals surface area contributed by atoms with Crippen molar-refractivity contribution < 1.29 is 26.7 Å². The van der Waals surface area contributed by atoms with Gasteiger partial charge >= 0.3 is 5.97 Å². The summed E-state index contributed by atoms with van der Waals surface area (Å²) in [5.74, 6) is -3.76. The first-order valence-corrected chi connectivity index (χ1v) is 8.91. The Morgan fingerprint density at radius 3 is 2.44 bits per heavy atom. The lowest BCUT2D eigenvalue weighted by Crippen LogP contribution is -2.09. The Hall–Kier alpha value is -2.79. The lowest BCUT2D eigenvalue weighted by atomic mass is 10.1. The number of ether oxygens (including phenoxy) is 1. The highest BCUT2D eigenvalue weighted by atomic mass is 32.2. The molecule has 130 valence electrons. The van der Waals surface area contributed by atoms with Gasteiger partial charge in [0.1, 0.15) is 12.4 Å². The molecule has 0 N–H and O–H groups in total. The lowest BCUT2D eigenvalue weighted by molar-refractivity contribution is 0.0468. The van der Waals surface area contributed by atoms with Crippen LogP contribution in [0.25, 0.3) is 0 Å². The number of halogens is 2. The third-order valence-electron chi connectivity index (χ3n) is 3.25. The zero-order chi connectivity index (χ0) is 18.4. The summed E-state index contributed by atoms with van der Waals surface area (Å²) in [5.41, 5.74) is 0.466. The highest BCUT2D eigenvalue weighted by Gasteiger charge is 2.14. The van der Waals surface area contributed by atoms with Crippen LogP contribution in [0.5, 0.6) is 0 Å². The average molecular weight is 365 g/mol. The van der Waals surface area contributed by atoms with Crippen molar-refractivity contribution in [3.8, 4) is 6.07 Å². The van der Waals surface area contributed by atoms with Crippen LogP contribution in [0.4, 0.5) is 8.78 Å². The number of esters is 1. The van der Waals surface area contributed by atoms with Crippen LogP contribution < -0.4 is 0 Å². The molecule has 0 radical (unpaired) electrons. The van der Waals surface area contributed by atoms with E-state index in [9.17, 15) is 22.0 Å². The van der Waals surface area contributed by atoms with Crippen LogP contribution in [0, 0.1) is 23.0 Å². The molecule has 0 heterocycles. The quantitative estimate of drug-likeness (QED) is 0.735. The van der Waals surface area contributed by atoms with E-state index in [1.54, 1.807) is 6.07 Å². The van der Waals surface area contributed by atoms with Crippen LogP contribution in [0.3, 0.4) is 0 Å². The summed E-state index contributed by atoms with van der Waals surface area (Å²) in [6.45, 7) is -0.430. The van der Waals surface area contributed by atoms with Gasteiger partial charge in [-0.15, -0.1) is 0 Å². The summed E-state index contributed by atoms with van der Waals surface area (Å²) < 4.78 is 54.6. The molecule has 8 heteroatoms. The van der Waals surface area contributed by atoms with E-state index < -0.39 is 39.8 Å². The average Bonchev–Trinajstić information content (AvgIpc) is 2.56. The van der Waals surface area contributed by atoms with E-state index in [1.165, 1.54) is 36.4 Å². The molecule has 0 aliphatic carbocycles. The number of benzene rings is 2. The number of hydrogen-bond acceptors (Lipinski definition) is 5. The Bertz CT molecular complexity index is 919. The molecule has 2 aromatic carbocycles. The molecular weight excluding hydrogens is 352 g/mol. The minimum atomic E-state index is -3.53. The number of nitriles is 1. The summed E-state index contributed by atoms with van der Waals surface area (Å²) >= 11 is 0. The summed E-state index contributed by atoms with van der Waals surface area (Å²) in [6.07, 6.45) is 0. The van der Waals surface area contributed by atoms with Crippen molar-refractivity contribution in [1.29, 1.82) is 5.26 Å². The minimum Gasteiger partial charge on any atom is -0.457 e. The minimum absolute atomic E-state index is 0.0902. The Morgan fingerprint density at radius 1 is 1.12 bits per heavy atom. The maximum Gasteiger partial charge on any atom is 0.338 e. The largest absolute Gasteiger partial charge is 0.457 e. The van der Waals surface area contributed by atoms with E-state index in [4.69, 9.17) is 10.00 Å². The Labute approximate surface area is 143 Å². The Morgan fingerprint density at radius 2 is 1.80 bits per heavy atom. The molecule has 0 spiro atoms. The zero-order valence-corrected chi connectivity index (χ0v) is 13.7. The van der Waals surface area contributed by atoms with Crippen LogP contribution in [-0.4, -0.2) is 20.1 Å². The number of rotatable bonds is 6. The number of carbonyl (C=O) groups is 1. The molecule has 25 heavy (non-hydrogen) atoms. The number of sulfone groups is 1. The molecule has 0 bridgehead atoms. The maximum absolute atomic E-state index is 13.5. The van der Waals surface area contributed by atoms with Crippen LogP contribution >= 0.6 is 0 Å². The van der Waals surface area contributed by atoms with Gasteiger partial charge in [-0.05, 0) is 23.8 Å². The van der Waals surface area contributed by atoms with Gasteiger partial charge < -0.3 is 4.74 Å². The Kier molecular flexibility index (Phi) is 5.83. The van der Waals surface area contributed by atoms with E-state index in [0.717, 1.165) is 6.07 Å². The van der Waals surface area contributed by atoms with Crippen molar-refractivity contribution in [3.05, 3.63) is 70.8 Å².